The lowest BCUT2D eigenvalue weighted by Crippen LogP contribution is -2.52. The zero-order chi connectivity index (χ0) is 14.9. The van der Waals surface area contributed by atoms with Crippen LogP contribution in [0.25, 0.3) is 0 Å². The number of carbonyl (C=O) groups excluding carboxylic acids is 1. The molecule has 1 amide bonds. The maximum Gasteiger partial charge on any atom is 0.251 e. The van der Waals surface area contributed by atoms with Gasteiger partial charge in [0.2, 0.25) is 0 Å². The lowest BCUT2D eigenvalue weighted by molar-refractivity contribution is 0.0874. The number of alkyl halides is 1. The van der Waals surface area contributed by atoms with Gasteiger partial charge in [-0.3, -0.25) is 4.79 Å². The molecule has 0 atom stereocenters. The summed E-state index contributed by atoms with van der Waals surface area (Å²) >= 11 is 3.62. The van der Waals surface area contributed by atoms with E-state index in [2.05, 4.69) is 40.3 Å². The van der Waals surface area contributed by atoms with Crippen molar-refractivity contribution < 1.29 is 4.79 Å². The summed E-state index contributed by atoms with van der Waals surface area (Å²) in [5, 5.41) is 4.17. The third-order valence-corrected chi connectivity index (χ3v) is 6.30. The molecule has 0 bridgehead atoms. The predicted octanol–water partition coefficient (Wildman–Crippen LogP) is 4.25. The van der Waals surface area contributed by atoms with E-state index in [1.807, 2.05) is 6.07 Å². The predicted molar refractivity (Wildman–Crippen MR) is 90.1 cm³/mol. The van der Waals surface area contributed by atoms with Crippen molar-refractivity contribution in [1.82, 2.24) is 5.32 Å². The molecule has 3 rings (SSSR count). The lowest BCUT2D eigenvalue weighted by Gasteiger charge is -2.39. The van der Waals surface area contributed by atoms with Crippen LogP contribution in [0.3, 0.4) is 0 Å². The van der Waals surface area contributed by atoms with E-state index in [0.29, 0.717) is 0 Å². The summed E-state index contributed by atoms with van der Waals surface area (Å²) in [6.45, 7) is 2.31. The second kappa shape index (κ2) is 6.12. The first-order valence-electron chi connectivity index (χ1n) is 8.12. The number of rotatable bonds is 3. The Hall–Kier alpha value is -0.830. The number of hydrogen-bond acceptors (Lipinski definition) is 1. The van der Waals surface area contributed by atoms with Crippen molar-refractivity contribution in [3.63, 3.8) is 0 Å². The van der Waals surface area contributed by atoms with Gasteiger partial charge in [-0.2, -0.15) is 0 Å². The van der Waals surface area contributed by atoms with Crippen molar-refractivity contribution in [2.45, 2.75) is 57.4 Å². The standard InChI is InChI=1S/C18H24BrNO/c1-13-7-9-18(12-19,10-8-13)20-17(21)16-6-5-14-3-2-4-15(14)11-16/h5-6,11,13H,2-4,7-10,12H2,1H3,(H,20,21). The van der Waals surface area contributed by atoms with Gasteiger partial charge in [0.05, 0.1) is 5.54 Å². The molecular weight excluding hydrogens is 326 g/mol. The minimum Gasteiger partial charge on any atom is -0.346 e. The Labute approximate surface area is 135 Å². The van der Waals surface area contributed by atoms with Crippen LogP contribution in [0.4, 0.5) is 0 Å². The largest absolute Gasteiger partial charge is 0.346 e. The highest BCUT2D eigenvalue weighted by Gasteiger charge is 2.34. The van der Waals surface area contributed by atoms with Crippen LogP contribution >= 0.6 is 15.9 Å². The molecule has 0 aromatic heterocycles. The molecule has 0 spiro atoms. The molecule has 1 N–H and O–H groups in total. The molecular formula is C18H24BrNO. The molecule has 1 saturated carbocycles. The van der Waals surface area contributed by atoms with Crippen LogP contribution in [-0.4, -0.2) is 16.8 Å². The summed E-state index contributed by atoms with van der Waals surface area (Å²) in [6, 6.07) is 6.24. The number of nitrogens with one attached hydrogen (secondary N) is 1. The van der Waals surface area contributed by atoms with Crippen molar-refractivity contribution in [2.75, 3.05) is 5.33 Å². The van der Waals surface area contributed by atoms with E-state index in [4.69, 9.17) is 0 Å². The molecule has 0 aliphatic heterocycles. The van der Waals surface area contributed by atoms with Gasteiger partial charge < -0.3 is 5.32 Å². The Kier molecular flexibility index (Phi) is 4.39. The molecule has 21 heavy (non-hydrogen) atoms. The number of hydrogen-bond donors (Lipinski definition) is 1. The third kappa shape index (κ3) is 3.18. The third-order valence-electron chi connectivity index (χ3n) is 5.23. The Morgan fingerprint density at radius 2 is 2.00 bits per heavy atom. The number of aryl methyl sites for hydroxylation is 2. The Bertz CT molecular complexity index is 532. The van der Waals surface area contributed by atoms with Crippen LogP contribution in [0.5, 0.6) is 0 Å². The van der Waals surface area contributed by atoms with E-state index >= 15 is 0 Å². The first-order valence-corrected chi connectivity index (χ1v) is 9.24. The summed E-state index contributed by atoms with van der Waals surface area (Å²) in [4.78, 5) is 12.6. The van der Waals surface area contributed by atoms with Crippen molar-refractivity contribution in [3.8, 4) is 0 Å². The van der Waals surface area contributed by atoms with Crippen LogP contribution in [-0.2, 0) is 12.8 Å². The Morgan fingerprint density at radius 3 is 2.71 bits per heavy atom. The molecule has 0 radical (unpaired) electrons. The number of amides is 1. The van der Waals surface area contributed by atoms with Gasteiger partial charge in [0.15, 0.2) is 0 Å². The van der Waals surface area contributed by atoms with Crippen LogP contribution in [0.2, 0.25) is 0 Å². The second-order valence-corrected chi connectivity index (χ2v) is 7.45. The smallest absolute Gasteiger partial charge is 0.251 e. The maximum atomic E-state index is 12.6. The summed E-state index contributed by atoms with van der Waals surface area (Å²) in [6.07, 6.45) is 8.08. The minimum atomic E-state index is -0.0530. The Balaban J connectivity index is 1.73. The first kappa shape index (κ1) is 15.1. The first-order chi connectivity index (χ1) is 10.1. The summed E-state index contributed by atoms with van der Waals surface area (Å²) in [5.74, 6) is 0.882. The average Bonchev–Trinajstić information content (AvgIpc) is 2.97. The van der Waals surface area contributed by atoms with E-state index in [9.17, 15) is 4.79 Å². The summed E-state index contributed by atoms with van der Waals surface area (Å²) < 4.78 is 0. The molecule has 3 heteroatoms. The number of halogens is 1. The van der Waals surface area contributed by atoms with E-state index in [1.54, 1.807) is 0 Å². The van der Waals surface area contributed by atoms with E-state index in [0.717, 1.165) is 36.1 Å². The molecule has 2 aliphatic carbocycles. The van der Waals surface area contributed by atoms with Gasteiger partial charge >= 0.3 is 0 Å². The van der Waals surface area contributed by atoms with Crippen LogP contribution in [0.15, 0.2) is 18.2 Å². The zero-order valence-electron chi connectivity index (χ0n) is 12.8. The number of benzene rings is 1. The van der Waals surface area contributed by atoms with Crippen molar-refractivity contribution >= 4 is 21.8 Å². The van der Waals surface area contributed by atoms with Gasteiger partial charge in [-0.05, 0) is 74.1 Å². The fourth-order valence-corrected chi connectivity index (χ4v) is 4.33. The molecule has 0 heterocycles. The van der Waals surface area contributed by atoms with Crippen LogP contribution < -0.4 is 5.32 Å². The monoisotopic (exact) mass is 349 g/mol. The molecule has 1 aromatic rings. The normalized spacial score (nSPS) is 28.2. The fourth-order valence-electron chi connectivity index (χ4n) is 3.63. The SMILES string of the molecule is CC1CCC(CBr)(NC(=O)c2ccc3c(c2)CCC3)CC1. The molecule has 114 valence electrons. The highest BCUT2D eigenvalue weighted by molar-refractivity contribution is 9.09. The maximum absolute atomic E-state index is 12.6. The number of carbonyl (C=O) groups is 1. The molecule has 1 fully saturated rings. The Morgan fingerprint density at radius 1 is 1.29 bits per heavy atom. The summed E-state index contributed by atoms with van der Waals surface area (Å²) in [5.41, 5.74) is 3.57. The highest BCUT2D eigenvalue weighted by atomic mass is 79.9. The molecule has 2 nitrogen and oxygen atoms in total. The molecule has 0 unspecified atom stereocenters. The number of fused-ring (bicyclic) bond motifs is 1. The quantitative estimate of drug-likeness (QED) is 0.812. The van der Waals surface area contributed by atoms with Crippen LogP contribution in [0.1, 0.15) is 60.5 Å². The van der Waals surface area contributed by atoms with E-state index in [1.165, 1.54) is 36.8 Å². The van der Waals surface area contributed by atoms with Gasteiger partial charge in [0.25, 0.3) is 5.91 Å². The minimum absolute atomic E-state index is 0.0530. The van der Waals surface area contributed by atoms with Gasteiger partial charge in [-0.15, -0.1) is 0 Å². The lowest BCUT2D eigenvalue weighted by atomic mass is 9.78. The fraction of sp³-hybridized carbons (Fsp3) is 0.611. The van der Waals surface area contributed by atoms with Gasteiger partial charge in [-0.1, -0.05) is 28.9 Å². The van der Waals surface area contributed by atoms with Gasteiger partial charge in [0, 0.05) is 10.9 Å². The average molecular weight is 350 g/mol. The molecule has 1 aromatic carbocycles. The van der Waals surface area contributed by atoms with Gasteiger partial charge in [0.1, 0.15) is 0 Å². The highest BCUT2D eigenvalue weighted by Crippen LogP contribution is 2.33. The van der Waals surface area contributed by atoms with Crippen molar-refractivity contribution in [1.29, 1.82) is 0 Å². The summed E-state index contributed by atoms with van der Waals surface area (Å²) in [7, 11) is 0. The van der Waals surface area contributed by atoms with Crippen molar-refractivity contribution in [2.24, 2.45) is 5.92 Å². The van der Waals surface area contributed by atoms with E-state index < -0.39 is 0 Å². The van der Waals surface area contributed by atoms with E-state index in [-0.39, 0.29) is 11.4 Å². The van der Waals surface area contributed by atoms with Gasteiger partial charge in [-0.25, -0.2) is 0 Å². The topological polar surface area (TPSA) is 29.1 Å². The second-order valence-electron chi connectivity index (χ2n) is 6.89. The molecule has 0 saturated heterocycles. The zero-order valence-corrected chi connectivity index (χ0v) is 14.3. The van der Waals surface area contributed by atoms with Crippen LogP contribution in [0, 0.1) is 5.92 Å². The van der Waals surface area contributed by atoms with Crippen molar-refractivity contribution in [3.05, 3.63) is 34.9 Å². The molecule has 2 aliphatic rings.